The number of nitrogens with two attached hydrogens (primary N) is 2. The van der Waals surface area contributed by atoms with E-state index < -0.39 is 0 Å². The van der Waals surface area contributed by atoms with Crippen molar-refractivity contribution in [2.24, 2.45) is 17.4 Å². The Morgan fingerprint density at radius 3 is 2.58 bits per heavy atom. The smallest absolute Gasteiger partial charge is 0.0392 e. The van der Waals surface area contributed by atoms with Crippen LogP contribution in [0.1, 0.15) is 12.8 Å². The predicted octanol–water partition coefficient (Wildman–Crippen LogP) is 1.11. The molecule has 0 unspecified atom stereocenters. The minimum atomic E-state index is 0.775. The van der Waals surface area contributed by atoms with E-state index in [1.807, 2.05) is 23.5 Å². The van der Waals surface area contributed by atoms with Crippen molar-refractivity contribution in [3.63, 3.8) is 0 Å². The molecular weight excluding hydrogens is 188 g/mol. The van der Waals surface area contributed by atoms with Crippen LogP contribution >= 0.6 is 23.5 Å². The van der Waals surface area contributed by atoms with Crippen LogP contribution < -0.4 is 11.5 Å². The lowest BCUT2D eigenvalue weighted by molar-refractivity contribution is 0.367. The van der Waals surface area contributed by atoms with Gasteiger partial charge in [-0.3, -0.25) is 0 Å². The third-order valence-corrected chi connectivity index (χ3v) is 4.41. The summed E-state index contributed by atoms with van der Waals surface area (Å²) in [5.74, 6) is 4.10. The molecule has 0 aromatic heterocycles. The minimum absolute atomic E-state index is 0.775. The number of hydrogen-bond acceptors (Lipinski definition) is 4. The molecule has 2 nitrogen and oxygen atoms in total. The molecule has 0 bridgehead atoms. The third-order valence-electron chi connectivity index (χ3n) is 2.14. The predicted molar refractivity (Wildman–Crippen MR) is 59.5 cm³/mol. The van der Waals surface area contributed by atoms with Crippen LogP contribution in [0.4, 0.5) is 0 Å². The molecule has 0 saturated heterocycles. The highest BCUT2D eigenvalue weighted by Crippen LogP contribution is 2.38. The standard InChI is InChI=1S/C8H18N2S2/c9-1-2-12-8-3-7(4-8)5-11-6-10/h7-8H,1-6,9-10H2. The van der Waals surface area contributed by atoms with Gasteiger partial charge in [0.15, 0.2) is 0 Å². The number of thioether (sulfide) groups is 2. The normalized spacial score (nSPS) is 28.5. The van der Waals surface area contributed by atoms with Crippen molar-refractivity contribution in [1.82, 2.24) is 0 Å². The van der Waals surface area contributed by atoms with Crippen LogP contribution in [-0.2, 0) is 0 Å². The Bertz CT molecular complexity index is 104. The topological polar surface area (TPSA) is 52.0 Å². The Morgan fingerprint density at radius 2 is 2.00 bits per heavy atom. The zero-order chi connectivity index (χ0) is 8.81. The summed E-state index contributed by atoms with van der Waals surface area (Å²) < 4.78 is 0. The van der Waals surface area contributed by atoms with Gasteiger partial charge in [0.2, 0.25) is 0 Å². The van der Waals surface area contributed by atoms with E-state index in [0.717, 1.165) is 29.3 Å². The lowest BCUT2D eigenvalue weighted by Gasteiger charge is -2.34. The van der Waals surface area contributed by atoms with Crippen LogP contribution in [0.15, 0.2) is 0 Å². The maximum Gasteiger partial charge on any atom is 0.0392 e. The molecule has 1 aliphatic rings. The highest BCUT2D eigenvalue weighted by atomic mass is 32.2. The van der Waals surface area contributed by atoms with Crippen molar-refractivity contribution in [2.75, 3.05) is 23.9 Å². The summed E-state index contributed by atoms with van der Waals surface area (Å²) in [5, 5.41) is 0.900. The van der Waals surface area contributed by atoms with Crippen molar-refractivity contribution >= 4 is 23.5 Å². The van der Waals surface area contributed by atoms with Crippen molar-refractivity contribution in [1.29, 1.82) is 0 Å². The van der Waals surface area contributed by atoms with E-state index in [0.29, 0.717) is 0 Å². The summed E-state index contributed by atoms with van der Waals surface area (Å²) in [6, 6.07) is 0. The first kappa shape index (κ1) is 10.7. The number of rotatable bonds is 6. The van der Waals surface area contributed by atoms with Gasteiger partial charge in [0.25, 0.3) is 0 Å². The summed E-state index contributed by atoms with van der Waals surface area (Å²) >= 11 is 3.90. The van der Waals surface area contributed by atoms with Gasteiger partial charge in [-0.25, -0.2) is 0 Å². The maximum absolute atomic E-state index is 5.43. The lowest BCUT2D eigenvalue weighted by Crippen LogP contribution is -2.29. The van der Waals surface area contributed by atoms with Gasteiger partial charge in [-0.2, -0.15) is 11.8 Å². The molecule has 0 aliphatic heterocycles. The van der Waals surface area contributed by atoms with E-state index >= 15 is 0 Å². The monoisotopic (exact) mass is 206 g/mol. The highest BCUT2D eigenvalue weighted by molar-refractivity contribution is 8.00. The van der Waals surface area contributed by atoms with Crippen molar-refractivity contribution in [2.45, 2.75) is 18.1 Å². The zero-order valence-corrected chi connectivity index (χ0v) is 9.00. The average molecular weight is 206 g/mol. The van der Waals surface area contributed by atoms with Crippen molar-refractivity contribution < 1.29 is 0 Å². The molecule has 1 rings (SSSR count). The second-order valence-electron chi connectivity index (χ2n) is 3.16. The van der Waals surface area contributed by atoms with E-state index in [4.69, 9.17) is 11.5 Å². The van der Waals surface area contributed by atoms with Crippen LogP contribution in [0, 0.1) is 5.92 Å². The Labute approximate surface area is 83.2 Å². The van der Waals surface area contributed by atoms with Gasteiger partial charge < -0.3 is 11.5 Å². The van der Waals surface area contributed by atoms with Crippen molar-refractivity contribution in [3.05, 3.63) is 0 Å². The fourth-order valence-corrected chi connectivity index (χ4v) is 3.44. The first-order chi connectivity index (χ1) is 5.86. The molecule has 12 heavy (non-hydrogen) atoms. The minimum Gasteiger partial charge on any atom is -0.330 e. The van der Waals surface area contributed by atoms with E-state index in [1.165, 1.54) is 18.6 Å². The van der Waals surface area contributed by atoms with Gasteiger partial charge in [0.05, 0.1) is 0 Å². The van der Waals surface area contributed by atoms with Crippen LogP contribution in [0.3, 0.4) is 0 Å². The fourth-order valence-electron chi connectivity index (χ4n) is 1.42. The first-order valence-corrected chi connectivity index (χ1v) is 6.66. The second-order valence-corrected chi connectivity index (χ2v) is 5.64. The van der Waals surface area contributed by atoms with Crippen molar-refractivity contribution in [3.8, 4) is 0 Å². The Balaban J connectivity index is 1.89. The van der Waals surface area contributed by atoms with Gasteiger partial charge in [-0.15, -0.1) is 11.8 Å². The Hall–Kier alpha value is 0.620. The summed E-state index contributed by atoms with van der Waals surface area (Å²) in [4.78, 5) is 0. The van der Waals surface area contributed by atoms with Crippen LogP contribution in [0.2, 0.25) is 0 Å². The molecule has 4 heteroatoms. The van der Waals surface area contributed by atoms with Gasteiger partial charge in [-0.1, -0.05) is 0 Å². The van der Waals surface area contributed by atoms with Crippen LogP contribution in [0.5, 0.6) is 0 Å². The molecular formula is C8H18N2S2. The van der Waals surface area contributed by atoms with Crippen LogP contribution in [-0.4, -0.2) is 29.2 Å². The molecule has 72 valence electrons. The molecule has 1 fully saturated rings. The molecule has 0 spiro atoms. The summed E-state index contributed by atoms with van der Waals surface area (Å²) in [6.45, 7) is 0.823. The highest BCUT2D eigenvalue weighted by Gasteiger charge is 2.28. The molecule has 0 amide bonds. The van der Waals surface area contributed by atoms with Gasteiger partial charge >= 0.3 is 0 Å². The van der Waals surface area contributed by atoms with Gasteiger partial charge in [0.1, 0.15) is 0 Å². The van der Waals surface area contributed by atoms with E-state index in [9.17, 15) is 0 Å². The molecule has 0 aromatic rings. The first-order valence-electron chi connectivity index (χ1n) is 4.46. The third kappa shape index (κ3) is 3.56. The lowest BCUT2D eigenvalue weighted by atomic mass is 9.86. The maximum atomic E-state index is 5.43. The van der Waals surface area contributed by atoms with E-state index in [-0.39, 0.29) is 0 Å². The second kappa shape index (κ2) is 6.13. The van der Waals surface area contributed by atoms with Gasteiger partial charge in [0, 0.05) is 23.4 Å². The number of hydrogen-bond donors (Lipinski definition) is 2. The molecule has 1 aliphatic carbocycles. The molecule has 4 N–H and O–H groups in total. The van der Waals surface area contributed by atoms with E-state index in [1.54, 1.807) is 0 Å². The molecule has 0 atom stereocenters. The quantitative estimate of drug-likeness (QED) is 0.639. The van der Waals surface area contributed by atoms with E-state index in [2.05, 4.69) is 0 Å². The van der Waals surface area contributed by atoms with Crippen LogP contribution in [0.25, 0.3) is 0 Å². The summed E-state index contributed by atoms with van der Waals surface area (Å²) in [7, 11) is 0. The SMILES string of the molecule is NCCSC1CC(CSCN)C1. The zero-order valence-electron chi connectivity index (χ0n) is 7.37. The Morgan fingerprint density at radius 1 is 1.25 bits per heavy atom. The molecule has 1 saturated carbocycles. The fraction of sp³-hybridized carbons (Fsp3) is 1.00. The Kier molecular flexibility index (Phi) is 5.47. The summed E-state index contributed by atoms with van der Waals surface area (Å²) in [6.07, 6.45) is 2.77. The average Bonchev–Trinajstić information content (AvgIpc) is 2.01. The van der Waals surface area contributed by atoms with Gasteiger partial charge in [-0.05, 0) is 24.5 Å². The molecule has 0 radical (unpaired) electrons. The molecule has 0 heterocycles. The largest absolute Gasteiger partial charge is 0.330 e. The molecule has 0 aromatic carbocycles. The summed E-state index contributed by atoms with van der Waals surface area (Å²) in [5.41, 5.74) is 10.8.